The lowest BCUT2D eigenvalue weighted by atomic mass is 9.84. The molecule has 3 rings (SSSR count). The minimum absolute atomic E-state index is 0.0114. The van der Waals surface area contributed by atoms with E-state index in [4.69, 9.17) is 9.47 Å². The van der Waals surface area contributed by atoms with Crippen LogP contribution in [0.3, 0.4) is 0 Å². The first-order valence-corrected chi connectivity index (χ1v) is 8.11. The maximum Gasteiger partial charge on any atom is 0.248 e. The van der Waals surface area contributed by atoms with E-state index in [2.05, 4.69) is 10.00 Å². The minimum atomic E-state index is -0.0910. The van der Waals surface area contributed by atoms with Gasteiger partial charge in [-0.05, 0) is 6.42 Å². The van der Waals surface area contributed by atoms with Gasteiger partial charge in [-0.25, -0.2) is 0 Å². The molecule has 0 bridgehead atoms. The summed E-state index contributed by atoms with van der Waals surface area (Å²) in [6.45, 7) is 3.62. The average molecular weight is 322 g/mol. The van der Waals surface area contributed by atoms with E-state index >= 15 is 0 Å². The first-order valence-electron chi connectivity index (χ1n) is 8.11. The van der Waals surface area contributed by atoms with Crippen LogP contribution in [-0.2, 0) is 27.9 Å². The van der Waals surface area contributed by atoms with Crippen molar-refractivity contribution in [1.82, 2.24) is 19.6 Å². The van der Waals surface area contributed by atoms with Crippen LogP contribution >= 0.6 is 0 Å². The highest BCUT2D eigenvalue weighted by molar-refractivity contribution is 5.76. The second-order valence-electron chi connectivity index (χ2n) is 6.91. The average Bonchev–Trinajstić information content (AvgIpc) is 2.88. The molecule has 0 aromatic carbocycles. The van der Waals surface area contributed by atoms with Crippen LogP contribution in [-0.4, -0.2) is 77.6 Å². The van der Waals surface area contributed by atoms with Gasteiger partial charge >= 0.3 is 0 Å². The van der Waals surface area contributed by atoms with Crippen LogP contribution in [0.4, 0.5) is 0 Å². The lowest BCUT2D eigenvalue weighted by Crippen LogP contribution is -2.65. The topological polar surface area (TPSA) is 59.8 Å². The van der Waals surface area contributed by atoms with Crippen LogP contribution in [0.5, 0.6) is 0 Å². The van der Waals surface area contributed by atoms with Crippen molar-refractivity contribution in [2.24, 2.45) is 7.05 Å². The van der Waals surface area contributed by atoms with Gasteiger partial charge < -0.3 is 14.4 Å². The zero-order valence-corrected chi connectivity index (χ0v) is 14.2. The van der Waals surface area contributed by atoms with Crippen LogP contribution in [0.25, 0.3) is 0 Å². The number of ether oxygens (including phenoxy) is 2. The molecule has 1 aromatic rings. The van der Waals surface area contributed by atoms with Gasteiger partial charge in [-0.3, -0.25) is 14.4 Å². The van der Waals surface area contributed by atoms with Gasteiger partial charge in [0.25, 0.3) is 0 Å². The van der Waals surface area contributed by atoms with Crippen molar-refractivity contribution in [3.8, 4) is 0 Å². The molecule has 0 N–H and O–H groups in total. The Morgan fingerprint density at radius 3 is 2.96 bits per heavy atom. The van der Waals surface area contributed by atoms with E-state index in [1.54, 1.807) is 19.0 Å². The number of carbonyl (C=O) groups excluding carboxylic acids is 1. The van der Waals surface area contributed by atoms with Crippen LogP contribution < -0.4 is 0 Å². The summed E-state index contributed by atoms with van der Waals surface area (Å²) < 4.78 is 13.6. The highest BCUT2D eigenvalue weighted by atomic mass is 16.5. The molecule has 1 spiro atoms. The molecule has 128 valence electrons. The number of likely N-dealkylation sites (N-methyl/N-ethyl adjacent to an activating group) is 1. The molecular weight excluding hydrogens is 296 g/mol. The Balaban J connectivity index is 1.45. The van der Waals surface area contributed by atoms with Crippen molar-refractivity contribution in [3.63, 3.8) is 0 Å². The van der Waals surface area contributed by atoms with E-state index in [1.165, 1.54) is 5.56 Å². The highest BCUT2D eigenvalue weighted by Gasteiger charge is 2.47. The number of likely N-dealkylation sites (tertiary alicyclic amines) is 1. The zero-order valence-electron chi connectivity index (χ0n) is 14.2. The molecule has 0 saturated carbocycles. The second kappa shape index (κ2) is 6.59. The summed E-state index contributed by atoms with van der Waals surface area (Å²) in [5.41, 5.74) is 1.13. The van der Waals surface area contributed by atoms with Crippen molar-refractivity contribution in [1.29, 1.82) is 0 Å². The summed E-state index contributed by atoms with van der Waals surface area (Å²) in [4.78, 5) is 15.6. The molecule has 0 aliphatic carbocycles. The lowest BCUT2D eigenvalue weighted by molar-refractivity contribution is -0.200. The van der Waals surface area contributed by atoms with Gasteiger partial charge in [-0.1, -0.05) is 0 Å². The van der Waals surface area contributed by atoms with E-state index < -0.39 is 0 Å². The number of aryl methyl sites for hydroxylation is 1. The fourth-order valence-corrected chi connectivity index (χ4v) is 3.36. The van der Waals surface area contributed by atoms with Crippen molar-refractivity contribution >= 4 is 5.91 Å². The first kappa shape index (κ1) is 16.4. The lowest BCUT2D eigenvalue weighted by Gasteiger charge is -2.53. The largest absolute Gasteiger partial charge is 0.372 e. The summed E-state index contributed by atoms with van der Waals surface area (Å²) in [5, 5.41) is 4.20. The molecule has 1 amide bonds. The quantitative estimate of drug-likeness (QED) is 0.778. The number of hydrogen-bond donors (Lipinski definition) is 0. The van der Waals surface area contributed by atoms with Crippen molar-refractivity contribution in [2.45, 2.75) is 31.1 Å². The Labute approximate surface area is 137 Å². The molecule has 7 heteroatoms. The summed E-state index contributed by atoms with van der Waals surface area (Å²) in [7, 11) is 5.43. The number of rotatable bonds is 5. The molecule has 0 unspecified atom stereocenters. The Kier molecular flexibility index (Phi) is 4.70. The fourth-order valence-electron chi connectivity index (χ4n) is 3.36. The van der Waals surface area contributed by atoms with Crippen LogP contribution in [0.2, 0.25) is 0 Å². The normalized spacial score (nSPS) is 23.7. The third kappa shape index (κ3) is 3.91. The Morgan fingerprint density at radius 2 is 2.30 bits per heavy atom. The van der Waals surface area contributed by atoms with Crippen LogP contribution in [0.15, 0.2) is 12.4 Å². The third-order valence-corrected chi connectivity index (χ3v) is 4.58. The first-order chi connectivity index (χ1) is 11.0. The molecule has 23 heavy (non-hydrogen) atoms. The molecule has 1 aromatic heterocycles. The van der Waals surface area contributed by atoms with E-state index in [-0.39, 0.29) is 24.2 Å². The molecule has 2 fully saturated rings. The molecule has 1 atom stereocenters. The molecule has 7 nitrogen and oxygen atoms in total. The molecular formula is C16H26N4O3. The number of nitrogens with zero attached hydrogens (tertiary/aromatic N) is 4. The van der Waals surface area contributed by atoms with E-state index in [1.807, 2.05) is 24.1 Å². The zero-order chi connectivity index (χ0) is 16.4. The molecule has 2 saturated heterocycles. The monoisotopic (exact) mass is 322 g/mol. The van der Waals surface area contributed by atoms with Gasteiger partial charge in [0, 0.05) is 65.6 Å². The van der Waals surface area contributed by atoms with Gasteiger partial charge in [0.1, 0.15) is 6.61 Å². The molecule has 2 aliphatic rings. The minimum Gasteiger partial charge on any atom is -0.372 e. The molecule has 2 aliphatic heterocycles. The predicted molar refractivity (Wildman–Crippen MR) is 84.8 cm³/mol. The molecule has 0 radical (unpaired) electrons. The van der Waals surface area contributed by atoms with Gasteiger partial charge in [0.2, 0.25) is 5.91 Å². The van der Waals surface area contributed by atoms with E-state index in [9.17, 15) is 4.79 Å². The Morgan fingerprint density at radius 1 is 1.52 bits per heavy atom. The summed E-state index contributed by atoms with van der Waals surface area (Å²) in [5.74, 6) is 0.0114. The summed E-state index contributed by atoms with van der Waals surface area (Å²) in [6, 6.07) is 0. The maximum absolute atomic E-state index is 11.6. The van der Waals surface area contributed by atoms with Gasteiger partial charge in [0.15, 0.2) is 0 Å². The highest BCUT2D eigenvalue weighted by Crippen LogP contribution is 2.36. The van der Waals surface area contributed by atoms with Gasteiger partial charge in [-0.15, -0.1) is 0 Å². The number of aromatic nitrogens is 2. The smallest absolute Gasteiger partial charge is 0.248 e. The number of carbonyl (C=O) groups is 1. The van der Waals surface area contributed by atoms with E-state index in [0.717, 1.165) is 32.5 Å². The second-order valence-corrected chi connectivity index (χ2v) is 6.91. The SMILES string of the molecule is CN(C)C(=O)CO[C@@H]1CCOC2(C1)CN(Cc1cnn(C)c1)C2. The number of amides is 1. The Bertz CT molecular complexity index is 551. The van der Waals surface area contributed by atoms with Crippen LogP contribution in [0, 0.1) is 0 Å². The summed E-state index contributed by atoms with van der Waals surface area (Å²) >= 11 is 0. The maximum atomic E-state index is 11.6. The predicted octanol–water partition coefficient (Wildman–Crippen LogP) is 0.258. The van der Waals surface area contributed by atoms with Crippen molar-refractivity contribution in [2.75, 3.05) is 40.4 Å². The Hall–Kier alpha value is -1.44. The van der Waals surface area contributed by atoms with Gasteiger partial charge in [-0.2, -0.15) is 5.10 Å². The number of hydrogen-bond acceptors (Lipinski definition) is 5. The van der Waals surface area contributed by atoms with Crippen LogP contribution in [0.1, 0.15) is 18.4 Å². The fraction of sp³-hybridized carbons (Fsp3) is 0.750. The standard InChI is InChI=1S/C16H26N4O3/c1-18(2)15(21)10-22-14-4-5-23-16(6-14)11-20(12-16)9-13-7-17-19(3)8-13/h7-8,14H,4-6,9-12H2,1-3H3/t14-/m1/s1. The summed E-state index contributed by atoms with van der Waals surface area (Å²) in [6.07, 6.45) is 5.81. The molecule has 3 heterocycles. The van der Waals surface area contributed by atoms with Crippen molar-refractivity contribution < 1.29 is 14.3 Å². The van der Waals surface area contributed by atoms with Gasteiger partial charge in [0.05, 0.1) is 17.9 Å². The third-order valence-electron chi connectivity index (χ3n) is 4.58. The van der Waals surface area contributed by atoms with E-state index in [0.29, 0.717) is 6.61 Å². The van der Waals surface area contributed by atoms with Crippen molar-refractivity contribution in [3.05, 3.63) is 18.0 Å².